The summed E-state index contributed by atoms with van der Waals surface area (Å²) in [6.07, 6.45) is 0. The lowest BCUT2D eigenvalue weighted by Gasteiger charge is -2.29. The van der Waals surface area contributed by atoms with Gasteiger partial charge in [-0.1, -0.05) is 97.1 Å². The first-order valence-corrected chi connectivity index (χ1v) is 14.8. The van der Waals surface area contributed by atoms with Gasteiger partial charge >= 0.3 is 0 Å². The van der Waals surface area contributed by atoms with Crippen molar-refractivity contribution in [1.29, 1.82) is 0 Å². The Morgan fingerprint density at radius 1 is 0.359 bits per heavy atom. The van der Waals surface area contributed by atoms with Gasteiger partial charge in [0.25, 0.3) is 0 Å². The Morgan fingerprint density at radius 2 is 0.821 bits per heavy atom. The molecule has 8 aromatic rings. The molecule has 184 valence electrons. The van der Waals surface area contributed by atoms with Crippen LogP contribution < -0.4 is 4.90 Å². The molecule has 0 spiro atoms. The molecule has 0 amide bonds. The fourth-order valence-electron chi connectivity index (χ4n) is 5.80. The number of benzene rings is 6. The maximum atomic E-state index is 2.51. The second-order valence-electron chi connectivity index (χ2n) is 9.72. The van der Waals surface area contributed by atoms with Crippen LogP contribution in [0.5, 0.6) is 0 Å². The zero-order chi connectivity index (χ0) is 25.8. The molecule has 0 unspecified atom stereocenters. The summed E-state index contributed by atoms with van der Waals surface area (Å²) in [5, 5.41) is 5.21. The first-order valence-electron chi connectivity index (χ1n) is 13.1. The number of hydrogen-bond acceptors (Lipinski definition) is 3. The van der Waals surface area contributed by atoms with E-state index >= 15 is 0 Å². The van der Waals surface area contributed by atoms with E-state index in [0.717, 1.165) is 0 Å². The second-order valence-corrected chi connectivity index (χ2v) is 11.9. The van der Waals surface area contributed by atoms with Gasteiger partial charge in [-0.15, -0.1) is 22.7 Å². The average molecular weight is 534 g/mol. The van der Waals surface area contributed by atoms with Crippen LogP contribution in [0.25, 0.3) is 51.5 Å². The Labute approximate surface area is 234 Å². The summed E-state index contributed by atoms with van der Waals surface area (Å²) < 4.78 is 5.24. The third-order valence-corrected chi connectivity index (χ3v) is 9.74. The van der Waals surface area contributed by atoms with Gasteiger partial charge in [0.05, 0.1) is 17.1 Å². The monoisotopic (exact) mass is 533 g/mol. The molecule has 0 saturated carbocycles. The first-order chi connectivity index (χ1) is 19.4. The van der Waals surface area contributed by atoms with Crippen LogP contribution in [0.2, 0.25) is 0 Å². The van der Waals surface area contributed by atoms with Crippen molar-refractivity contribution in [2.75, 3.05) is 4.90 Å². The Kier molecular flexibility index (Phi) is 5.25. The second kappa shape index (κ2) is 9.09. The highest BCUT2D eigenvalue weighted by Gasteiger charge is 2.23. The number of fused-ring (bicyclic) bond motifs is 6. The van der Waals surface area contributed by atoms with E-state index in [1.165, 1.54) is 68.5 Å². The van der Waals surface area contributed by atoms with Gasteiger partial charge in [0.1, 0.15) is 0 Å². The summed E-state index contributed by atoms with van der Waals surface area (Å²) in [6, 6.07) is 50.6. The van der Waals surface area contributed by atoms with Gasteiger partial charge in [0.15, 0.2) is 0 Å². The molecule has 2 heterocycles. The molecule has 0 saturated heterocycles. The van der Waals surface area contributed by atoms with E-state index in [-0.39, 0.29) is 0 Å². The predicted octanol–water partition coefficient (Wildman–Crippen LogP) is 11.6. The Bertz CT molecular complexity index is 2020. The summed E-state index contributed by atoms with van der Waals surface area (Å²) >= 11 is 3.73. The van der Waals surface area contributed by atoms with Crippen LogP contribution in [0.15, 0.2) is 140 Å². The molecule has 0 aliphatic rings. The van der Waals surface area contributed by atoms with Gasteiger partial charge in [-0.2, -0.15) is 0 Å². The number of para-hydroxylation sites is 1. The number of thiophene rings is 2. The van der Waals surface area contributed by atoms with Crippen LogP contribution in [-0.4, -0.2) is 0 Å². The molecule has 39 heavy (non-hydrogen) atoms. The van der Waals surface area contributed by atoms with Crippen molar-refractivity contribution >= 4 is 80.1 Å². The lowest BCUT2D eigenvalue weighted by Crippen LogP contribution is -2.12. The smallest absolute Gasteiger partial charge is 0.0555 e. The molecule has 0 radical (unpaired) electrons. The van der Waals surface area contributed by atoms with Gasteiger partial charge in [-0.05, 0) is 48.0 Å². The van der Waals surface area contributed by atoms with Crippen molar-refractivity contribution in [1.82, 2.24) is 0 Å². The van der Waals surface area contributed by atoms with Crippen molar-refractivity contribution in [3.8, 4) is 11.1 Å². The van der Waals surface area contributed by atoms with Gasteiger partial charge < -0.3 is 4.90 Å². The third-order valence-electron chi connectivity index (χ3n) is 7.47. The highest BCUT2D eigenvalue weighted by atomic mass is 32.1. The fourth-order valence-corrected chi connectivity index (χ4v) is 8.06. The SMILES string of the molecule is c1ccc(-c2ccccc2N(c2cccc3sc4ccccc4c23)c2cccc3sc4ccccc4c23)cc1. The molecule has 1 nitrogen and oxygen atoms in total. The summed E-state index contributed by atoms with van der Waals surface area (Å²) in [7, 11) is 0. The van der Waals surface area contributed by atoms with Crippen LogP contribution >= 0.6 is 22.7 Å². The van der Waals surface area contributed by atoms with E-state index in [0.29, 0.717) is 0 Å². The highest BCUT2D eigenvalue weighted by Crippen LogP contribution is 2.50. The zero-order valence-corrected chi connectivity index (χ0v) is 22.7. The minimum Gasteiger partial charge on any atom is -0.309 e. The average Bonchev–Trinajstić information content (AvgIpc) is 3.57. The van der Waals surface area contributed by atoms with Crippen LogP contribution in [0.3, 0.4) is 0 Å². The maximum absolute atomic E-state index is 2.51. The summed E-state index contributed by atoms with van der Waals surface area (Å²) in [5.74, 6) is 0. The molecule has 6 aromatic carbocycles. The van der Waals surface area contributed by atoms with E-state index in [9.17, 15) is 0 Å². The molecule has 3 heteroatoms. The number of hydrogen-bond donors (Lipinski definition) is 0. The van der Waals surface area contributed by atoms with Crippen LogP contribution in [0, 0.1) is 0 Å². The molecule has 0 fully saturated rings. The summed E-state index contributed by atoms with van der Waals surface area (Å²) in [4.78, 5) is 2.51. The van der Waals surface area contributed by atoms with Gasteiger partial charge in [-0.3, -0.25) is 0 Å². The molecule has 0 bridgehead atoms. The van der Waals surface area contributed by atoms with E-state index in [1.807, 2.05) is 22.7 Å². The number of rotatable bonds is 4. The van der Waals surface area contributed by atoms with Gasteiger partial charge in [0, 0.05) is 45.9 Å². The first kappa shape index (κ1) is 22.5. The molecule has 0 atom stereocenters. The van der Waals surface area contributed by atoms with Crippen molar-refractivity contribution in [3.05, 3.63) is 140 Å². The summed E-state index contributed by atoms with van der Waals surface area (Å²) in [5.41, 5.74) is 6.01. The fraction of sp³-hybridized carbons (Fsp3) is 0. The van der Waals surface area contributed by atoms with Crippen molar-refractivity contribution < 1.29 is 0 Å². The maximum Gasteiger partial charge on any atom is 0.0555 e. The Hall–Kier alpha value is -4.44. The molecule has 0 N–H and O–H groups in total. The zero-order valence-electron chi connectivity index (χ0n) is 21.0. The third kappa shape index (κ3) is 3.59. The molecular formula is C36H23NS2. The Morgan fingerprint density at radius 3 is 1.44 bits per heavy atom. The van der Waals surface area contributed by atoms with E-state index in [1.54, 1.807) is 0 Å². The minimum absolute atomic E-state index is 1.18. The van der Waals surface area contributed by atoms with Crippen LogP contribution in [-0.2, 0) is 0 Å². The van der Waals surface area contributed by atoms with Gasteiger partial charge in [-0.25, -0.2) is 0 Å². The van der Waals surface area contributed by atoms with Gasteiger partial charge in [0.2, 0.25) is 0 Å². The largest absolute Gasteiger partial charge is 0.309 e. The number of anilines is 3. The van der Waals surface area contributed by atoms with Crippen molar-refractivity contribution in [2.24, 2.45) is 0 Å². The minimum atomic E-state index is 1.18. The molecule has 8 rings (SSSR count). The van der Waals surface area contributed by atoms with Crippen LogP contribution in [0.4, 0.5) is 17.1 Å². The Balaban J connectivity index is 1.53. The van der Waals surface area contributed by atoms with Crippen molar-refractivity contribution in [2.45, 2.75) is 0 Å². The number of nitrogens with zero attached hydrogens (tertiary/aromatic N) is 1. The molecule has 0 aliphatic carbocycles. The summed E-state index contributed by atoms with van der Waals surface area (Å²) in [6.45, 7) is 0. The highest BCUT2D eigenvalue weighted by molar-refractivity contribution is 7.26. The lowest BCUT2D eigenvalue weighted by molar-refractivity contribution is 1.32. The molecule has 2 aromatic heterocycles. The predicted molar refractivity (Wildman–Crippen MR) is 172 cm³/mol. The standard InChI is InChI=1S/C36H23NS2/c1-2-12-24(13-3-1)25-14-4-7-17-28(25)37(29-18-10-22-33-35(29)26-15-5-8-20-31(26)38-33)30-19-11-23-34-36(30)27-16-6-9-21-32(27)39-34/h1-23H. The lowest BCUT2D eigenvalue weighted by atomic mass is 10.00. The van der Waals surface area contributed by atoms with Crippen LogP contribution in [0.1, 0.15) is 0 Å². The van der Waals surface area contributed by atoms with E-state index < -0.39 is 0 Å². The molecule has 0 aliphatic heterocycles. The van der Waals surface area contributed by atoms with E-state index in [2.05, 4.69) is 144 Å². The normalized spacial score (nSPS) is 11.6. The van der Waals surface area contributed by atoms with Crippen molar-refractivity contribution in [3.63, 3.8) is 0 Å². The van der Waals surface area contributed by atoms with E-state index in [4.69, 9.17) is 0 Å². The topological polar surface area (TPSA) is 3.24 Å². The molecular weight excluding hydrogens is 511 g/mol. The quantitative estimate of drug-likeness (QED) is 0.217.